The molecule has 0 spiro atoms. The highest BCUT2D eigenvalue weighted by molar-refractivity contribution is 5.25. The van der Waals surface area contributed by atoms with Crippen LogP contribution in [-0.2, 0) is 6.42 Å². The summed E-state index contributed by atoms with van der Waals surface area (Å²) in [5.74, 6) is 8.11. The number of nitrogens with one attached hydrogen (secondary N) is 1. The molecule has 0 heterocycles. The number of nitrogens with two attached hydrogens (primary N) is 1. The molecule has 0 aliphatic heterocycles. The summed E-state index contributed by atoms with van der Waals surface area (Å²) >= 11 is 0. The maximum absolute atomic E-state index is 5.87. The van der Waals surface area contributed by atoms with E-state index < -0.39 is 0 Å². The zero-order valence-corrected chi connectivity index (χ0v) is 13.9. The molecule has 1 aliphatic rings. The van der Waals surface area contributed by atoms with Crippen LogP contribution in [0.25, 0.3) is 0 Å². The van der Waals surface area contributed by atoms with Crippen molar-refractivity contribution >= 4 is 0 Å². The third-order valence-corrected chi connectivity index (χ3v) is 5.29. The van der Waals surface area contributed by atoms with E-state index in [1.807, 2.05) is 0 Å². The zero-order chi connectivity index (χ0) is 15.2. The predicted molar refractivity (Wildman–Crippen MR) is 91.1 cm³/mol. The second kappa shape index (κ2) is 7.95. The van der Waals surface area contributed by atoms with Crippen LogP contribution in [0.15, 0.2) is 24.3 Å². The van der Waals surface area contributed by atoms with E-state index in [1.54, 1.807) is 0 Å². The predicted octanol–water partition coefficient (Wildman–Crippen LogP) is 4.40. The van der Waals surface area contributed by atoms with Gasteiger partial charge in [0.1, 0.15) is 0 Å². The molecule has 2 nitrogen and oxygen atoms in total. The van der Waals surface area contributed by atoms with Gasteiger partial charge in [-0.2, -0.15) is 0 Å². The Morgan fingerprint density at radius 2 is 1.90 bits per heavy atom. The normalized spacial score (nSPS) is 24.2. The topological polar surface area (TPSA) is 38.0 Å². The molecule has 2 heteroatoms. The summed E-state index contributed by atoms with van der Waals surface area (Å²) in [7, 11) is 0. The highest BCUT2D eigenvalue weighted by Crippen LogP contribution is 2.33. The zero-order valence-electron chi connectivity index (χ0n) is 13.9. The average molecular weight is 288 g/mol. The van der Waals surface area contributed by atoms with E-state index in [9.17, 15) is 0 Å². The molecule has 1 aromatic rings. The molecule has 1 aliphatic carbocycles. The summed E-state index contributed by atoms with van der Waals surface area (Å²) in [4.78, 5) is 0. The van der Waals surface area contributed by atoms with Crippen molar-refractivity contribution in [3.8, 4) is 0 Å². The number of hydrogen-bond donors (Lipinski definition) is 2. The molecule has 1 aromatic carbocycles. The summed E-state index contributed by atoms with van der Waals surface area (Å²) in [6, 6.07) is 9.51. The van der Waals surface area contributed by atoms with E-state index in [2.05, 4.69) is 50.5 Å². The van der Waals surface area contributed by atoms with Crippen molar-refractivity contribution in [3.05, 3.63) is 35.4 Å². The van der Waals surface area contributed by atoms with E-state index in [0.29, 0.717) is 12.0 Å². The van der Waals surface area contributed by atoms with Gasteiger partial charge in [0.25, 0.3) is 0 Å². The fraction of sp³-hybridized carbons (Fsp3) is 0.684. The van der Waals surface area contributed by atoms with Crippen molar-refractivity contribution in [2.75, 3.05) is 0 Å². The molecule has 1 saturated carbocycles. The van der Waals surface area contributed by atoms with Crippen LogP contribution in [0.1, 0.15) is 69.9 Å². The van der Waals surface area contributed by atoms with Crippen LogP contribution < -0.4 is 11.3 Å². The monoisotopic (exact) mass is 288 g/mol. The van der Waals surface area contributed by atoms with E-state index in [4.69, 9.17) is 5.84 Å². The number of hydrogen-bond acceptors (Lipinski definition) is 2. The molecule has 0 bridgehead atoms. The minimum absolute atomic E-state index is 0.421. The molecule has 118 valence electrons. The highest BCUT2D eigenvalue weighted by Gasteiger charge is 2.27. The minimum Gasteiger partial charge on any atom is -0.271 e. The third-order valence-electron chi connectivity index (χ3n) is 5.29. The second-order valence-corrected chi connectivity index (χ2v) is 7.07. The quantitative estimate of drug-likeness (QED) is 0.601. The van der Waals surface area contributed by atoms with E-state index in [1.165, 1.54) is 43.2 Å². The molecule has 2 rings (SSSR count). The Labute approximate surface area is 130 Å². The van der Waals surface area contributed by atoms with Gasteiger partial charge in [0, 0.05) is 6.04 Å². The number of rotatable bonds is 6. The first-order chi connectivity index (χ1) is 10.1. The van der Waals surface area contributed by atoms with E-state index in [0.717, 1.165) is 18.3 Å². The van der Waals surface area contributed by atoms with Crippen LogP contribution in [-0.4, -0.2) is 6.04 Å². The van der Waals surface area contributed by atoms with Crippen molar-refractivity contribution in [1.29, 1.82) is 0 Å². The standard InChI is InChI=1S/C19H32N2/c1-4-15-6-5-7-18(12-15)19(21-20)13-16-8-10-17(11-9-16)14(2)3/h8-11,14-15,18-19,21H,4-7,12-13,20H2,1-3H3. The van der Waals surface area contributed by atoms with Gasteiger partial charge in [-0.1, -0.05) is 64.3 Å². The second-order valence-electron chi connectivity index (χ2n) is 7.07. The van der Waals surface area contributed by atoms with Crippen LogP contribution in [0.3, 0.4) is 0 Å². The van der Waals surface area contributed by atoms with E-state index >= 15 is 0 Å². The Kier molecular flexibility index (Phi) is 6.25. The first kappa shape index (κ1) is 16.5. The van der Waals surface area contributed by atoms with Gasteiger partial charge < -0.3 is 0 Å². The fourth-order valence-electron chi connectivity index (χ4n) is 3.72. The van der Waals surface area contributed by atoms with Crippen LogP contribution in [0.2, 0.25) is 0 Å². The van der Waals surface area contributed by atoms with Gasteiger partial charge in [-0.05, 0) is 48.1 Å². The molecular formula is C19H32N2. The smallest absolute Gasteiger partial charge is 0.0279 e. The van der Waals surface area contributed by atoms with Gasteiger partial charge in [0.05, 0.1) is 0 Å². The maximum atomic E-state index is 5.87. The first-order valence-corrected chi connectivity index (χ1v) is 8.69. The Morgan fingerprint density at radius 1 is 1.19 bits per heavy atom. The highest BCUT2D eigenvalue weighted by atomic mass is 15.2. The average Bonchev–Trinajstić information content (AvgIpc) is 2.53. The number of hydrazine groups is 1. The fourth-order valence-corrected chi connectivity index (χ4v) is 3.72. The van der Waals surface area contributed by atoms with Gasteiger partial charge in [0.2, 0.25) is 0 Å². The largest absolute Gasteiger partial charge is 0.271 e. The van der Waals surface area contributed by atoms with Gasteiger partial charge in [-0.3, -0.25) is 11.3 Å². The first-order valence-electron chi connectivity index (χ1n) is 8.69. The molecule has 0 aromatic heterocycles. The molecule has 0 amide bonds. The van der Waals surface area contributed by atoms with Crippen LogP contribution in [0, 0.1) is 11.8 Å². The SMILES string of the molecule is CCC1CCCC(C(Cc2ccc(C(C)C)cc2)NN)C1. The van der Waals surface area contributed by atoms with Crippen LogP contribution in [0.4, 0.5) is 0 Å². The molecule has 21 heavy (non-hydrogen) atoms. The molecule has 3 atom stereocenters. The molecule has 1 fully saturated rings. The van der Waals surface area contributed by atoms with Gasteiger partial charge >= 0.3 is 0 Å². The Hall–Kier alpha value is -0.860. The van der Waals surface area contributed by atoms with Crippen LogP contribution >= 0.6 is 0 Å². The molecule has 3 N–H and O–H groups in total. The molecule has 0 radical (unpaired) electrons. The maximum Gasteiger partial charge on any atom is 0.0279 e. The van der Waals surface area contributed by atoms with Crippen molar-refractivity contribution in [2.24, 2.45) is 17.7 Å². The molecule has 0 saturated heterocycles. The lowest BCUT2D eigenvalue weighted by Crippen LogP contribution is -2.44. The van der Waals surface area contributed by atoms with Gasteiger partial charge in [-0.15, -0.1) is 0 Å². The number of benzene rings is 1. The van der Waals surface area contributed by atoms with E-state index in [-0.39, 0.29) is 0 Å². The summed E-state index contributed by atoms with van der Waals surface area (Å²) in [5.41, 5.74) is 5.92. The molecular weight excluding hydrogens is 256 g/mol. The summed E-state index contributed by atoms with van der Waals surface area (Å²) in [6.45, 7) is 6.81. The van der Waals surface area contributed by atoms with Gasteiger partial charge in [0.15, 0.2) is 0 Å². The van der Waals surface area contributed by atoms with Crippen molar-refractivity contribution in [2.45, 2.75) is 71.3 Å². The summed E-state index contributed by atoms with van der Waals surface area (Å²) < 4.78 is 0. The lowest BCUT2D eigenvalue weighted by atomic mass is 9.75. The van der Waals surface area contributed by atoms with Gasteiger partial charge in [-0.25, -0.2) is 0 Å². The summed E-state index contributed by atoms with van der Waals surface area (Å²) in [5, 5.41) is 0. The Bertz CT molecular complexity index is 410. The molecule has 3 unspecified atom stereocenters. The van der Waals surface area contributed by atoms with Crippen LogP contribution in [0.5, 0.6) is 0 Å². The third kappa shape index (κ3) is 4.55. The van der Waals surface area contributed by atoms with Crippen molar-refractivity contribution < 1.29 is 0 Å². The minimum atomic E-state index is 0.421. The lowest BCUT2D eigenvalue weighted by Gasteiger charge is -2.34. The summed E-state index contributed by atoms with van der Waals surface area (Å²) in [6.07, 6.45) is 7.82. The van der Waals surface area contributed by atoms with Crippen molar-refractivity contribution in [3.63, 3.8) is 0 Å². The Morgan fingerprint density at radius 3 is 2.48 bits per heavy atom. The Balaban J connectivity index is 1.98. The van der Waals surface area contributed by atoms with Crippen molar-refractivity contribution in [1.82, 2.24) is 5.43 Å². The lowest BCUT2D eigenvalue weighted by molar-refractivity contribution is 0.208.